The molecule has 2 heterocycles. The molecule has 2 amide bonds. The van der Waals surface area contributed by atoms with Gasteiger partial charge >= 0.3 is 6.09 Å². The van der Waals surface area contributed by atoms with Crippen LogP contribution in [0.4, 0.5) is 9.93 Å². The Hall–Kier alpha value is -3.28. The second-order valence-corrected chi connectivity index (χ2v) is 12.1. The molecule has 2 aromatic carbocycles. The molecule has 11 heteroatoms. The van der Waals surface area contributed by atoms with Crippen molar-refractivity contribution in [2.75, 3.05) is 38.1 Å². The van der Waals surface area contributed by atoms with Gasteiger partial charge in [0.2, 0.25) is 10.0 Å². The number of sulfonamides is 1. The van der Waals surface area contributed by atoms with Crippen molar-refractivity contribution in [3.05, 3.63) is 64.5 Å². The number of benzene rings is 2. The number of fused-ring (bicyclic) bond motifs is 1. The van der Waals surface area contributed by atoms with E-state index in [-0.39, 0.29) is 43.6 Å². The van der Waals surface area contributed by atoms with Crippen LogP contribution in [0.5, 0.6) is 0 Å². The fraction of sp³-hybridized carbons (Fsp3) is 0.370. The van der Waals surface area contributed by atoms with Gasteiger partial charge in [-0.05, 0) is 74.1 Å². The van der Waals surface area contributed by atoms with Gasteiger partial charge < -0.3 is 9.64 Å². The molecule has 0 unspecified atom stereocenters. The number of rotatable bonds is 6. The lowest BCUT2D eigenvalue weighted by atomic mass is 9.90. The minimum absolute atomic E-state index is 0.0996. The third kappa shape index (κ3) is 5.59. The largest absolute Gasteiger partial charge is 0.450 e. The highest BCUT2D eigenvalue weighted by Gasteiger charge is 2.30. The number of aromatic nitrogens is 1. The van der Waals surface area contributed by atoms with Gasteiger partial charge in [0.05, 0.1) is 17.2 Å². The Bertz CT molecular complexity index is 1430. The molecule has 0 atom stereocenters. The van der Waals surface area contributed by atoms with Crippen LogP contribution in [0.1, 0.15) is 41.3 Å². The van der Waals surface area contributed by atoms with E-state index in [1.54, 1.807) is 6.92 Å². The van der Waals surface area contributed by atoms with Crippen molar-refractivity contribution in [1.29, 1.82) is 0 Å². The van der Waals surface area contributed by atoms with Crippen molar-refractivity contribution in [2.24, 2.45) is 0 Å². The highest BCUT2D eigenvalue weighted by Crippen LogP contribution is 2.30. The molecule has 9 nitrogen and oxygen atoms in total. The van der Waals surface area contributed by atoms with Gasteiger partial charge in [-0.25, -0.2) is 18.2 Å². The molecular weight excluding hydrogens is 524 g/mol. The fourth-order valence-electron chi connectivity index (χ4n) is 4.78. The van der Waals surface area contributed by atoms with Crippen LogP contribution < -0.4 is 5.32 Å². The van der Waals surface area contributed by atoms with Crippen LogP contribution >= 0.6 is 11.3 Å². The number of hydrogen-bond acceptors (Lipinski definition) is 7. The smallest absolute Gasteiger partial charge is 0.409 e. The number of thiazole rings is 1. The number of carbonyl (C=O) groups is 2. The lowest BCUT2D eigenvalue weighted by molar-refractivity contribution is 0.0933. The first-order valence-electron chi connectivity index (χ1n) is 12.8. The Balaban J connectivity index is 1.21. The van der Waals surface area contributed by atoms with Crippen LogP contribution in [-0.4, -0.2) is 67.4 Å². The molecule has 3 aromatic rings. The van der Waals surface area contributed by atoms with E-state index in [9.17, 15) is 18.0 Å². The first-order chi connectivity index (χ1) is 18.3. The highest BCUT2D eigenvalue weighted by atomic mass is 32.2. The number of anilines is 1. The highest BCUT2D eigenvalue weighted by molar-refractivity contribution is 7.89. The molecule has 200 valence electrons. The summed E-state index contributed by atoms with van der Waals surface area (Å²) < 4.78 is 32.5. The zero-order chi connectivity index (χ0) is 26.7. The van der Waals surface area contributed by atoms with Crippen molar-refractivity contribution in [3.63, 3.8) is 0 Å². The van der Waals surface area contributed by atoms with Crippen LogP contribution in [0.2, 0.25) is 0 Å². The summed E-state index contributed by atoms with van der Waals surface area (Å²) in [7, 11) is -3.75. The molecule has 1 N–H and O–H groups in total. The van der Waals surface area contributed by atoms with Gasteiger partial charge in [0.15, 0.2) is 5.13 Å². The molecule has 0 spiro atoms. The van der Waals surface area contributed by atoms with E-state index in [2.05, 4.69) is 28.5 Å². The summed E-state index contributed by atoms with van der Waals surface area (Å²) in [5.74, 6) is -0.358. The van der Waals surface area contributed by atoms with Crippen LogP contribution in [0, 0.1) is 0 Å². The standard InChI is InChI=1S/C27H30N4O5S2/c1-2-36-27(33)30-13-15-31(16-14-30)38(34,35)23-11-9-20(10-12-23)25(32)29-26-28-24(18-37-26)22-8-7-19-5-3-4-6-21(19)17-22/h7-12,17-18H,2-6,13-16H2,1H3,(H,28,29,32). The van der Waals surface area contributed by atoms with Gasteiger partial charge in [-0.1, -0.05) is 12.1 Å². The van der Waals surface area contributed by atoms with Crippen LogP contribution in [-0.2, 0) is 27.6 Å². The zero-order valence-corrected chi connectivity index (χ0v) is 22.8. The first kappa shape index (κ1) is 26.3. The van der Waals surface area contributed by atoms with E-state index in [1.807, 2.05) is 5.38 Å². The third-order valence-electron chi connectivity index (χ3n) is 6.89. The fourth-order valence-corrected chi connectivity index (χ4v) is 6.92. The SMILES string of the molecule is CCOC(=O)N1CCN(S(=O)(=O)c2ccc(C(=O)Nc3nc(-c4ccc5c(c4)CCCC5)cs3)cc2)CC1. The number of piperazine rings is 1. The van der Waals surface area contributed by atoms with Crippen LogP contribution in [0.3, 0.4) is 0 Å². The minimum Gasteiger partial charge on any atom is -0.450 e. The van der Waals surface area contributed by atoms with Crippen molar-refractivity contribution in [2.45, 2.75) is 37.5 Å². The molecule has 0 bridgehead atoms. The first-order valence-corrected chi connectivity index (χ1v) is 15.1. The van der Waals surface area contributed by atoms with Crippen molar-refractivity contribution in [1.82, 2.24) is 14.2 Å². The summed E-state index contributed by atoms with van der Waals surface area (Å²) in [5.41, 5.74) is 4.99. The molecule has 1 fully saturated rings. The maximum atomic E-state index is 13.1. The van der Waals surface area contributed by atoms with Gasteiger partial charge in [-0.2, -0.15) is 4.31 Å². The predicted molar refractivity (Wildman–Crippen MR) is 146 cm³/mol. The average molecular weight is 555 g/mol. The molecule has 1 aliphatic heterocycles. The summed E-state index contributed by atoms with van der Waals surface area (Å²) in [4.78, 5) is 30.9. The Morgan fingerprint density at radius 3 is 2.42 bits per heavy atom. The van der Waals surface area contributed by atoms with Crippen LogP contribution in [0.25, 0.3) is 11.3 Å². The molecule has 1 aliphatic carbocycles. The molecule has 5 rings (SSSR count). The molecular formula is C27H30N4O5S2. The monoisotopic (exact) mass is 554 g/mol. The molecule has 1 aromatic heterocycles. The number of hydrogen-bond donors (Lipinski definition) is 1. The normalized spacial score (nSPS) is 16.1. The van der Waals surface area contributed by atoms with Crippen molar-refractivity contribution >= 4 is 38.5 Å². The van der Waals surface area contributed by atoms with E-state index in [1.165, 1.54) is 68.8 Å². The van der Waals surface area contributed by atoms with Gasteiger partial charge in [-0.3, -0.25) is 10.1 Å². The lowest BCUT2D eigenvalue weighted by Gasteiger charge is -2.33. The summed E-state index contributed by atoms with van der Waals surface area (Å²) in [5, 5.41) is 5.23. The summed E-state index contributed by atoms with van der Waals surface area (Å²) >= 11 is 1.35. The van der Waals surface area contributed by atoms with Gasteiger partial charge in [-0.15, -0.1) is 11.3 Å². The molecule has 0 radical (unpaired) electrons. The van der Waals surface area contributed by atoms with E-state index in [4.69, 9.17) is 4.74 Å². The Morgan fingerprint density at radius 1 is 1.00 bits per heavy atom. The van der Waals surface area contributed by atoms with Gasteiger partial charge in [0.25, 0.3) is 5.91 Å². The lowest BCUT2D eigenvalue weighted by Crippen LogP contribution is -2.50. The number of amides is 2. The maximum Gasteiger partial charge on any atom is 0.409 e. The predicted octanol–water partition coefficient (Wildman–Crippen LogP) is 4.40. The van der Waals surface area contributed by atoms with Crippen molar-refractivity contribution < 1.29 is 22.7 Å². The Labute approximate surface area is 226 Å². The number of carbonyl (C=O) groups excluding carboxylic acids is 2. The third-order valence-corrected chi connectivity index (χ3v) is 9.56. The number of aryl methyl sites for hydroxylation is 2. The summed E-state index contributed by atoms with van der Waals surface area (Å²) in [6, 6.07) is 12.3. The minimum atomic E-state index is -3.75. The van der Waals surface area contributed by atoms with E-state index in [0.717, 1.165) is 24.1 Å². The molecule has 2 aliphatic rings. The molecule has 38 heavy (non-hydrogen) atoms. The quantitative estimate of drug-likeness (QED) is 0.484. The van der Waals surface area contributed by atoms with Crippen LogP contribution in [0.15, 0.2) is 52.7 Å². The van der Waals surface area contributed by atoms with E-state index < -0.39 is 16.1 Å². The average Bonchev–Trinajstić information content (AvgIpc) is 3.41. The number of nitrogens with zero attached hydrogens (tertiary/aromatic N) is 3. The molecule has 0 saturated carbocycles. The number of nitrogens with one attached hydrogen (secondary N) is 1. The summed E-state index contributed by atoms with van der Waals surface area (Å²) in [6.45, 7) is 2.89. The Morgan fingerprint density at radius 2 is 1.71 bits per heavy atom. The van der Waals surface area contributed by atoms with E-state index in [0.29, 0.717) is 10.7 Å². The summed E-state index contributed by atoms with van der Waals surface area (Å²) in [6.07, 6.45) is 4.23. The topological polar surface area (TPSA) is 109 Å². The second kappa shape index (κ2) is 11.2. The maximum absolute atomic E-state index is 13.1. The van der Waals surface area contributed by atoms with E-state index >= 15 is 0 Å². The second-order valence-electron chi connectivity index (χ2n) is 9.30. The molecule has 1 saturated heterocycles. The number of ether oxygens (including phenoxy) is 1. The Kier molecular flexibility index (Phi) is 7.78. The van der Waals surface area contributed by atoms with Gasteiger partial charge in [0, 0.05) is 42.7 Å². The van der Waals surface area contributed by atoms with Crippen molar-refractivity contribution in [3.8, 4) is 11.3 Å². The van der Waals surface area contributed by atoms with Gasteiger partial charge in [0.1, 0.15) is 0 Å². The zero-order valence-electron chi connectivity index (χ0n) is 21.2.